The first-order valence-corrected chi connectivity index (χ1v) is 7.03. The van der Waals surface area contributed by atoms with Gasteiger partial charge in [0, 0.05) is 10.7 Å². The van der Waals surface area contributed by atoms with Crippen LogP contribution in [-0.4, -0.2) is 23.3 Å². The fourth-order valence-electron chi connectivity index (χ4n) is 1.92. The molecule has 0 spiro atoms. The van der Waals surface area contributed by atoms with E-state index in [1.807, 2.05) is 39.8 Å². The van der Waals surface area contributed by atoms with Crippen LogP contribution in [0.4, 0.5) is 0 Å². The Morgan fingerprint density at radius 2 is 1.63 bits per heavy atom. The van der Waals surface area contributed by atoms with Gasteiger partial charge in [-0.25, -0.2) is 0 Å². The largest absolute Gasteiger partial charge is 0.514 e. The first kappa shape index (κ1) is 14.8. The third-order valence-corrected chi connectivity index (χ3v) is 4.13. The highest BCUT2D eigenvalue weighted by molar-refractivity contribution is 6.61. The Morgan fingerprint density at radius 3 is 2.11 bits per heavy atom. The summed E-state index contributed by atoms with van der Waals surface area (Å²) in [6, 6.07) is 3.70. The molecule has 2 rings (SSSR count). The van der Waals surface area contributed by atoms with Crippen LogP contribution in [0.3, 0.4) is 0 Å². The van der Waals surface area contributed by atoms with E-state index in [2.05, 4.69) is 18.8 Å². The van der Waals surface area contributed by atoms with Crippen LogP contribution in [0.5, 0.6) is 0 Å². The molecule has 19 heavy (non-hydrogen) atoms. The normalized spacial score (nSPS) is 21.2. The summed E-state index contributed by atoms with van der Waals surface area (Å²) in [6.45, 7) is 12.3. The molecule has 0 aromatic carbocycles. The smallest absolute Gasteiger partial charge is 0.398 e. The Labute approximate surface area is 120 Å². The summed E-state index contributed by atoms with van der Waals surface area (Å²) in [5.74, 6) is 0.319. The van der Waals surface area contributed by atoms with Gasteiger partial charge in [0.2, 0.25) is 0 Å². The molecule has 1 aliphatic rings. The lowest BCUT2D eigenvalue weighted by Gasteiger charge is -2.32. The zero-order valence-corrected chi connectivity index (χ0v) is 13.2. The van der Waals surface area contributed by atoms with Crippen molar-refractivity contribution in [2.24, 2.45) is 0 Å². The highest BCUT2D eigenvalue weighted by Gasteiger charge is 2.52. The SMILES string of the molecule is CC(C)c1cc(Cl)cc(B2OC(C)(C)C(C)(C)O2)n1. The highest BCUT2D eigenvalue weighted by atomic mass is 35.5. The molecular formula is C14H21BClNO2. The molecule has 0 atom stereocenters. The number of hydrogen-bond acceptors (Lipinski definition) is 3. The second-order valence-corrected chi connectivity index (χ2v) is 6.81. The Hall–Kier alpha value is -0.575. The molecule has 3 nitrogen and oxygen atoms in total. The monoisotopic (exact) mass is 281 g/mol. The van der Waals surface area contributed by atoms with Crippen molar-refractivity contribution in [3.63, 3.8) is 0 Å². The van der Waals surface area contributed by atoms with Gasteiger partial charge in [-0.1, -0.05) is 25.4 Å². The summed E-state index contributed by atoms with van der Waals surface area (Å²) in [6.07, 6.45) is 0. The summed E-state index contributed by atoms with van der Waals surface area (Å²) >= 11 is 6.16. The van der Waals surface area contributed by atoms with Gasteiger partial charge < -0.3 is 9.31 Å². The molecule has 1 aromatic heterocycles. The lowest BCUT2D eigenvalue weighted by molar-refractivity contribution is 0.00578. The lowest BCUT2D eigenvalue weighted by atomic mass is 9.84. The van der Waals surface area contributed by atoms with Gasteiger partial charge >= 0.3 is 7.12 Å². The fourth-order valence-corrected chi connectivity index (χ4v) is 2.14. The Balaban J connectivity index is 2.34. The van der Waals surface area contributed by atoms with E-state index in [1.165, 1.54) is 0 Å². The van der Waals surface area contributed by atoms with Gasteiger partial charge in [-0.15, -0.1) is 0 Å². The number of pyridine rings is 1. The molecule has 2 heterocycles. The van der Waals surface area contributed by atoms with Crippen molar-refractivity contribution in [3.05, 3.63) is 22.8 Å². The van der Waals surface area contributed by atoms with Crippen molar-refractivity contribution in [3.8, 4) is 0 Å². The summed E-state index contributed by atoms with van der Waals surface area (Å²) in [5, 5.41) is 0.670. The van der Waals surface area contributed by atoms with Crippen molar-refractivity contribution in [1.29, 1.82) is 0 Å². The maximum atomic E-state index is 6.16. The van der Waals surface area contributed by atoms with Crippen LogP contribution in [0.1, 0.15) is 53.2 Å². The predicted molar refractivity (Wildman–Crippen MR) is 79.1 cm³/mol. The highest BCUT2D eigenvalue weighted by Crippen LogP contribution is 2.36. The summed E-state index contributed by atoms with van der Waals surface area (Å²) < 4.78 is 12.0. The number of nitrogens with zero attached hydrogens (tertiary/aromatic N) is 1. The minimum absolute atomic E-state index is 0.319. The van der Waals surface area contributed by atoms with E-state index in [-0.39, 0.29) is 11.2 Å². The fraction of sp³-hybridized carbons (Fsp3) is 0.643. The lowest BCUT2D eigenvalue weighted by Crippen LogP contribution is -2.41. The molecule has 1 aliphatic heterocycles. The third-order valence-electron chi connectivity index (χ3n) is 3.92. The Kier molecular flexibility index (Phi) is 3.71. The minimum Gasteiger partial charge on any atom is -0.398 e. The number of halogens is 1. The van der Waals surface area contributed by atoms with Crippen LogP contribution in [0.15, 0.2) is 12.1 Å². The Bertz CT molecular complexity index is 472. The van der Waals surface area contributed by atoms with Crippen molar-refractivity contribution in [1.82, 2.24) is 4.98 Å². The summed E-state index contributed by atoms with van der Waals surface area (Å²) in [4.78, 5) is 4.61. The topological polar surface area (TPSA) is 31.4 Å². The predicted octanol–water partition coefficient (Wildman–Crippen LogP) is 3.16. The molecule has 1 fully saturated rings. The van der Waals surface area contributed by atoms with Crippen LogP contribution >= 0.6 is 11.6 Å². The van der Waals surface area contributed by atoms with Crippen molar-refractivity contribution in [2.75, 3.05) is 0 Å². The number of aromatic nitrogens is 1. The zero-order chi connectivity index (χ0) is 14.4. The summed E-state index contributed by atoms with van der Waals surface area (Å²) in [7, 11) is -0.457. The third kappa shape index (κ3) is 2.81. The van der Waals surface area contributed by atoms with Gasteiger partial charge in [-0.05, 0) is 45.7 Å². The zero-order valence-electron chi connectivity index (χ0n) is 12.5. The van der Waals surface area contributed by atoms with E-state index >= 15 is 0 Å². The van der Waals surface area contributed by atoms with Gasteiger partial charge in [-0.2, -0.15) is 0 Å². The molecule has 5 heteroatoms. The Morgan fingerprint density at radius 1 is 1.11 bits per heavy atom. The van der Waals surface area contributed by atoms with Gasteiger partial charge in [0.1, 0.15) is 0 Å². The molecule has 0 N–H and O–H groups in total. The molecular weight excluding hydrogens is 260 g/mol. The molecule has 1 saturated heterocycles. The molecule has 0 saturated carbocycles. The molecule has 1 aromatic rings. The summed E-state index contributed by atoms with van der Waals surface area (Å²) in [5.41, 5.74) is 0.978. The number of rotatable bonds is 2. The molecule has 0 amide bonds. The average molecular weight is 282 g/mol. The van der Waals surface area contributed by atoms with Crippen molar-refractivity contribution >= 4 is 24.3 Å². The van der Waals surface area contributed by atoms with Crippen LogP contribution < -0.4 is 5.59 Å². The minimum atomic E-state index is -0.457. The molecule has 0 unspecified atom stereocenters. The van der Waals surface area contributed by atoms with Crippen LogP contribution in [0.25, 0.3) is 0 Å². The van der Waals surface area contributed by atoms with Gasteiger partial charge in [0.15, 0.2) is 0 Å². The van der Waals surface area contributed by atoms with E-state index in [0.717, 1.165) is 11.3 Å². The van der Waals surface area contributed by atoms with Crippen LogP contribution in [-0.2, 0) is 9.31 Å². The van der Waals surface area contributed by atoms with Crippen molar-refractivity contribution < 1.29 is 9.31 Å². The van der Waals surface area contributed by atoms with Crippen LogP contribution in [0, 0.1) is 0 Å². The maximum absolute atomic E-state index is 6.16. The molecule has 0 radical (unpaired) electrons. The van der Waals surface area contributed by atoms with Crippen molar-refractivity contribution in [2.45, 2.75) is 58.7 Å². The molecule has 104 valence electrons. The first-order chi connectivity index (χ1) is 8.62. The number of hydrogen-bond donors (Lipinski definition) is 0. The molecule has 0 aliphatic carbocycles. The quantitative estimate of drug-likeness (QED) is 0.780. The standard InChI is InChI=1S/C14H21BClNO2/c1-9(2)11-7-10(16)8-12(17-11)15-18-13(3,4)14(5,6)19-15/h7-9H,1-6H3. The van der Waals surface area contributed by atoms with Crippen LogP contribution in [0.2, 0.25) is 5.02 Å². The van der Waals surface area contributed by atoms with E-state index in [0.29, 0.717) is 10.9 Å². The first-order valence-electron chi connectivity index (χ1n) is 6.65. The average Bonchev–Trinajstić information content (AvgIpc) is 2.47. The van der Waals surface area contributed by atoms with E-state index in [4.69, 9.17) is 20.9 Å². The second kappa shape index (κ2) is 4.76. The van der Waals surface area contributed by atoms with Gasteiger partial charge in [0.25, 0.3) is 0 Å². The molecule has 0 bridgehead atoms. The van der Waals surface area contributed by atoms with E-state index in [1.54, 1.807) is 0 Å². The second-order valence-electron chi connectivity index (χ2n) is 6.38. The van der Waals surface area contributed by atoms with Gasteiger partial charge in [0.05, 0.1) is 16.8 Å². The van der Waals surface area contributed by atoms with Gasteiger partial charge in [-0.3, -0.25) is 4.98 Å². The maximum Gasteiger partial charge on any atom is 0.514 e. The van der Waals surface area contributed by atoms with E-state index in [9.17, 15) is 0 Å². The van der Waals surface area contributed by atoms with E-state index < -0.39 is 7.12 Å².